The minimum Gasteiger partial charge on any atom is -0.467 e. The van der Waals surface area contributed by atoms with E-state index in [1.54, 1.807) is 25.3 Å². The Labute approximate surface area is 160 Å². The van der Waals surface area contributed by atoms with Gasteiger partial charge >= 0.3 is 6.18 Å². The summed E-state index contributed by atoms with van der Waals surface area (Å²) in [7, 11) is 0. The van der Waals surface area contributed by atoms with Gasteiger partial charge in [0.05, 0.1) is 23.9 Å². The number of nitrogens with one attached hydrogen (secondary N) is 2. The fourth-order valence-corrected chi connectivity index (χ4v) is 2.79. The third-order valence-electron chi connectivity index (χ3n) is 4.23. The van der Waals surface area contributed by atoms with E-state index in [1.165, 1.54) is 12.1 Å². The minimum atomic E-state index is -4.47. The summed E-state index contributed by atoms with van der Waals surface area (Å²) >= 11 is 0. The van der Waals surface area contributed by atoms with Crippen molar-refractivity contribution in [3.8, 4) is 0 Å². The molecule has 3 aromatic rings. The number of furan rings is 1. The van der Waals surface area contributed by atoms with Crippen molar-refractivity contribution in [2.75, 3.05) is 5.32 Å². The van der Waals surface area contributed by atoms with Crippen molar-refractivity contribution in [2.45, 2.75) is 25.2 Å². The Morgan fingerprint density at radius 1 is 1.00 bits per heavy atom. The van der Waals surface area contributed by atoms with Gasteiger partial charge in [0.25, 0.3) is 0 Å². The number of amides is 1. The molecule has 0 saturated heterocycles. The third kappa shape index (κ3) is 4.80. The Kier molecular flexibility index (Phi) is 5.84. The topological polar surface area (TPSA) is 54.3 Å². The molecule has 2 N–H and O–H groups in total. The first-order valence-corrected chi connectivity index (χ1v) is 8.67. The normalized spacial score (nSPS) is 13.7. The Balaban J connectivity index is 1.74. The van der Waals surface area contributed by atoms with E-state index in [0.29, 0.717) is 5.76 Å². The molecule has 4 nitrogen and oxygen atoms in total. The number of hydrogen-bond donors (Lipinski definition) is 2. The van der Waals surface area contributed by atoms with Gasteiger partial charge < -0.3 is 9.73 Å². The highest BCUT2D eigenvalue weighted by Gasteiger charge is 2.30. The summed E-state index contributed by atoms with van der Waals surface area (Å²) in [6.07, 6.45) is -2.93. The molecule has 0 fully saturated rings. The molecule has 7 heteroatoms. The van der Waals surface area contributed by atoms with E-state index in [1.807, 2.05) is 30.3 Å². The van der Waals surface area contributed by atoms with Crippen LogP contribution in [0.4, 0.5) is 18.9 Å². The zero-order chi connectivity index (χ0) is 20.1. The maximum Gasteiger partial charge on any atom is 0.416 e. The summed E-state index contributed by atoms with van der Waals surface area (Å²) in [6, 6.07) is 16.5. The second-order valence-electron chi connectivity index (χ2n) is 6.32. The van der Waals surface area contributed by atoms with Gasteiger partial charge in [-0.3, -0.25) is 10.1 Å². The summed E-state index contributed by atoms with van der Waals surface area (Å²) in [6.45, 7) is 1.64. The second-order valence-corrected chi connectivity index (χ2v) is 6.32. The average molecular weight is 388 g/mol. The van der Waals surface area contributed by atoms with Gasteiger partial charge in [-0.1, -0.05) is 36.4 Å². The van der Waals surface area contributed by atoms with Crippen molar-refractivity contribution in [3.63, 3.8) is 0 Å². The molecule has 0 aliphatic carbocycles. The fraction of sp³-hybridized carbons (Fsp3) is 0.190. The summed E-state index contributed by atoms with van der Waals surface area (Å²) in [5.74, 6) is 0.178. The maximum absolute atomic E-state index is 12.8. The van der Waals surface area contributed by atoms with Crippen molar-refractivity contribution < 1.29 is 22.4 Å². The summed E-state index contributed by atoms with van der Waals surface area (Å²) in [5.41, 5.74) is 0.169. The molecule has 2 aromatic carbocycles. The zero-order valence-electron chi connectivity index (χ0n) is 15.0. The van der Waals surface area contributed by atoms with Crippen LogP contribution in [0.5, 0.6) is 0 Å². The number of carbonyl (C=O) groups excluding carboxylic acids is 1. The molecule has 0 spiro atoms. The molecule has 0 aliphatic heterocycles. The second kappa shape index (κ2) is 8.31. The van der Waals surface area contributed by atoms with Crippen LogP contribution in [0.15, 0.2) is 77.4 Å². The van der Waals surface area contributed by atoms with Crippen LogP contribution in [0.3, 0.4) is 0 Å². The summed E-state index contributed by atoms with van der Waals surface area (Å²) in [4.78, 5) is 12.5. The molecule has 0 unspecified atom stereocenters. The van der Waals surface area contributed by atoms with E-state index in [-0.39, 0.29) is 11.7 Å². The molecule has 1 heterocycles. The molecule has 0 aliphatic rings. The number of halogens is 3. The highest BCUT2D eigenvalue weighted by atomic mass is 19.4. The minimum absolute atomic E-state index is 0.0859. The number of benzene rings is 2. The predicted molar refractivity (Wildman–Crippen MR) is 99.7 cm³/mol. The van der Waals surface area contributed by atoms with Gasteiger partial charge in [0.15, 0.2) is 0 Å². The number of rotatable bonds is 6. The van der Waals surface area contributed by atoms with Crippen LogP contribution in [0, 0.1) is 0 Å². The number of hydrogen-bond acceptors (Lipinski definition) is 3. The van der Waals surface area contributed by atoms with Gasteiger partial charge in [-0.15, -0.1) is 0 Å². The largest absolute Gasteiger partial charge is 0.467 e. The van der Waals surface area contributed by atoms with Crippen LogP contribution in [-0.4, -0.2) is 11.9 Å². The number of carbonyl (C=O) groups is 1. The molecule has 28 heavy (non-hydrogen) atoms. The van der Waals surface area contributed by atoms with Crippen LogP contribution in [0.25, 0.3) is 0 Å². The number of anilines is 1. The first-order valence-electron chi connectivity index (χ1n) is 8.67. The van der Waals surface area contributed by atoms with Gasteiger partial charge in [-0.05, 0) is 42.8 Å². The van der Waals surface area contributed by atoms with E-state index >= 15 is 0 Å². The first-order chi connectivity index (χ1) is 13.3. The van der Waals surface area contributed by atoms with Crippen LogP contribution in [0.2, 0.25) is 0 Å². The standard InChI is InChI=1S/C21H19F3N2O2/c1-14(20(27)26-17-10-5-9-16(13-17)21(22,23)24)25-19(18-11-6-12-28-18)15-7-3-2-4-8-15/h2-14,19,25H,1H3,(H,26,27)/t14-,19-/m1/s1. The number of alkyl halides is 3. The van der Waals surface area contributed by atoms with E-state index < -0.39 is 23.7 Å². The Morgan fingerprint density at radius 2 is 1.75 bits per heavy atom. The van der Waals surface area contributed by atoms with Crippen molar-refractivity contribution >= 4 is 11.6 Å². The van der Waals surface area contributed by atoms with Crippen LogP contribution < -0.4 is 10.6 Å². The van der Waals surface area contributed by atoms with E-state index in [4.69, 9.17) is 4.42 Å². The smallest absolute Gasteiger partial charge is 0.416 e. The average Bonchev–Trinajstić information content (AvgIpc) is 3.20. The molecular weight excluding hydrogens is 369 g/mol. The molecule has 2 atom stereocenters. The lowest BCUT2D eigenvalue weighted by Gasteiger charge is -2.22. The van der Waals surface area contributed by atoms with Gasteiger partial charge in [0.1, 0.15) is 5.76 Å². The first kappa shape index (κ1) is 19.7. The van der Waals surface area contributed by atoms with Gasteiger partial charge in [-0.2, -0.15) is 13.2 Å². The van der Waals surface area contributed by atoms with E-state index in [9.17, 15) is 18.0 Å². The highest BCUT2D eigenvalue weighted by molar-refractivity contribution is 5.94. The molecule has 1 amide bonds. The highest BCUT2D eigenvalue weighted by Crippen LogP contribution is 2.30. The van der Waals surface area contributed by atoms with E-state index in [0.717, 1.165) is 17.7 Å². The molecule has 0 bridgehead atoms. The van der Waals surface area contributed by atoms with Gasteiger partial charge in [-0.25, -0.2) is 0 Å². The van der Waals surface area contributed by atoms with Crippen LogP contribution in [0.1, 0.15) is 29.9 Å². The summed E-state index contributed by atoms with van der Waals surface area (Å²) in [5, 5.41) is 5.70. The van der Waals surface area contributed by atoms with Gasteiger partial charge in [0.2, 0.25) is 5.91 Å². The quantitative estimate of drug-likeness (QED) is 0.625. The lowest BCUT2D eigenvalue weighted by molar-refractivity contribution is -0.137. The molecule has 0 radical (unpaired) electrons. The van der Waals surface area contributed by atoms with Crippen LogP contribution in [-0.2, 0) is 11.0 Å². The lowest BCUT2D eigenvalue weighted by Crippen LogP contribution is -2.40. The Hall–Kier alpha value is -3.06. The van der Waals surface area contributed by atoms with Crippen molar-refractivity contribution in [1.29, 1.82) is 0 Å². The molecule has 0 saturated carbocycles. The SMILES string of the molecule is C[C@@H](N[C@H](c1ccccc1)c1ccco1)C(=O)Nc1cccc(C(F)(F)F)c1. The van der Waals surface area contributed by atoms with Crippen molar-refractivity contribution in [1.82, 2.24) is 5.32 Å². The Bertz CT molecular complexity index is 909. The van der Waals surface area contributed by atoms with E-state index in [2.05, 4.69) is 10.6 Å². The lowest BCUT2D eigenvalue weighted by atomic mass is 10.0. The van der Waals surface area contributed by atoms with Crippen LogP contribution >= 0.6 is 0 Å². The molecule has 1 aromatic heterocycles. The Morgan fingerprint density at radius 3 is 2.39 bits per heavy atom. The monoisotopic (exact) mass is 388 g/mol. The van der Waals surface area contributed by atoms with Gasteiger partial charge in [0, 0.05) is 5.69 Å². The molecule has 3 rings (SSSR count). The predicted octanol–water partition coefficient (Wildman–Crippen LogP) is 5.00. The van der Waals surface area contributed by atoms with Crippen molar-refractivity contribution in [3.05, 3.63) is 89.9 Å². The fourth-order valence-electron chi connectivity index (χ4n) is 2.79. The third-order valence-corrected chi connectivity index (χ3v) is 4.23. The summed E-state index contributed by atoms with van der Waals surface area (Å²) < 4.78 is 44.0. The zero-order valence-corrected chi connectivity index (χ0v) is 15.0. The molecular formula is C21H19F3N2O2. The van der Waals surface area contributed by atoms with Crippen molar-refractivity contribution in [2.24, 2.45) is 0 Å². The molecule has 146 valence electrons. The maximum atomic E-state index is 12.8.